The minimum atomic E-state index is -0.778. The zero-order chi connectivity index (χ0) is 35.8. The van der Waals surface area contributed by atoms with Gasteiger partial charge in [0, 0.05) is 44.6 Å². The molecule has 1 aromatic heterocycles. The molecule has 1 aliphatic heterocycles. The molecule has 268 valence electrons. The van der Waals surface area contributed by atoms with Crippen molar-refractivity contribution in [3.05, 3.63) is 64.3 Å². The van der Waals surface area contributed by atoms with E-state index in [-0.39, 0.29) is 81.3 Å². The number of aliphatic hydroxyl groups is 1. The van der Waals surface area contributed by atoms with Gasteiger partial charge in [-0.1, -0.05) is 39.0 Å². The highest BCUT2D eigenvalue weighted by Crippen LogP contribution is 2.32. The van der Waals surface area contributed by atoms with Crippen LogP contribution in [0, 0.1) is 12.3 Å². The first kappa shape index (κ1) is 36.8. The van der Waals surface area contributed by atoms with Crippen LogP contribution in [0.4, 0.5) is 0 Å². The van der Waals surface area contributed by atoms with E-state index in [0.717, 1.165) is 35.4 Å². The number of hydrogen-bond donors (Lipinski definition) is 4. The number of fused-ring (bicyclic) bond motifs is 1. The molecule has 12 nitrogen and oxygen atoms in total. The van der Waals surface area contributed by atoms with Crippen molar-refractivity contribution in [1.82, 2.24) is 25.8 Å². The van der Waals surface area contributed by atoms with Crippen molar-refractivity contribution in [3.8, 4) is 21.9 Å². The summed E-state index contributed by atoms with van der Waals surface area (Å²) in [5.41, 5.74) is 6.47. The van der Waals surface area contributed by atoms with Gasteiger partial charge in [0.15, 0.2) is 13.2 Å². The Hall–Kier alpha value is -4.49. The molecule has 0 radical (unpaired) electrons. The topological polar surface area (TPSA) is 159 Å². The lowest BCUT2D eigenvalue weighted by Crippen LogP contribution is -2.46. The number of β-amino-alcohol motifs (C(OH)–C–C–N with tert-alkyl or cyclic N) is 1. The number of likely N-dealkylation sites (tertiary alicyclic amines) is 1. The Kier molecular flexibility index (Phi) is 12.1. The minimum absolute atomic E-state index is 0.0885. The van der Waals surface area contributed by atoms with Crippen LogP contribution in [0.2, 0.25) is 0 Å². The Labute approximate surface area is 296 Å². The molecule has 0 bridgehead atoms. The average molecular weight is 706 g/mol. The van der Waals surface area contributed by atoms with Crippen LogP contribution in [0.25, 0.3) is 10.4 Å². The summed E-state index contributed by atoms with van der Waals surface area (Å²) in [5, 5.41) is 18.7. The highest BCUT2D eigenvalue weighted by molar-refractivity contribution is 7.13. The van der Waals surface area contributed by atoms with Gasteiger partial charge in [0.2, 0.25) is 11.8 Å². The number of nitrogens with one attached hydrogen (secondary N) is 3. The molecule has 13 heteroatoms. The van der Waals surface area contributed by atoms with Gasteiger partial charge in [-0.3, -0.25) is 19.2 Å². The number of benzene rings is 2. The highest BCUT2D eigenvalue weighted by atomic mass is 32.1. The summed E-state index contributed by atoms with van der Waals surface area (Å²) in [6, 6.07) is 10.7. The number of amides is 4. The van der Waals surface area contributed by atoms with E-state index < -0.39 is 12.1 Å². The number of hydrogen-bond acceptors (Lipinski definition) is 9. The Morgan fingerprint density at radius 2 is 1.68 bits per heavy atom. The summed E-state index contributed by atoms with van der Waals surface area (Å²) in [4.78, 5) is 58.0. The van der Waals surface area contributed by atoms with Crippen molar-refractivity contribution in [3.63, 3.8) is 0 Å². The number of aryl methyl sites for hydroxylation is 3. The maximum absolute atomic E-state index is 13.3. The molecule has 5 rings (SSSR count). The lowest BCUT2D eigenvalue weighted by atomic mass is 9.91. The Morgan fingerprint density at radius 1 is 0.960 bits per heavy atom. The third-order valence-corrected chi connectivity index (χ3v) is 9.66. The molecule has 0 saturated carbocycles. The second-order valence-corrected chi connectivity index (χ2v) is 14.9. The Balaban J connectivity index is 1.12. The van der Waals surface area contributed by atoms with Gasteiger partial charge in [0.25, 0.3) is 11.8 Å². The standard InChI is InChI=1S/C37H47N5O7S/c1-23-35(50-22-41-23)26-8-9-27(18-40-36(47)30-16-28(43)19-42(30)34(46)17-37(2,3)4)31(15-26)49-21-33(45)39-13-12-38-32(44)20-48-29-11-10-24-6-5-7-25(24)14-29/h8-11,14-15,22,28,30,43H,5-7,12-13,16-21H2,1-4H3,(H,38,44)(H,39,45)(H,40,47)/t28-,30+/m1/s1. The summed E-state index contributed by atoms with van der Waals surface area (Å²) in [6.07, 6.45) is 2.91. The molecule has 1 saturated heterocycles. The third-order valence-electron chi connectivity index (χ3n) is 8.68. The van der Waals surface area contributed by atoms with Crippen molar-refractivity contribution >= 4 is 35.0 Å². The van der Waals surface area contributed by atoms with Crippen molar-refractivity contribution < 1.29 is 33.8 Å². The third kappa shape index (κ3) is 10.0. The summed E-state index contributed by atoms with van der Waals surface area (Å²) in [7, 11) is 0. The van der Waals surface area contributed by atoms with Gasteiger partial charge in [0.05, 0.1) is 22.2 Å². The smallest absolute Gasteiger partial charge is 0.258 e. The second kappa shape index (κ2) is 16.5. The molecule has 4 N–H and O–H groups in total. The molecule has 0 unspecified atom stereocenters. The maximum Gasteiger partial charge on any atom is 0.258 e. The number of carbonyl (C=O) groups excluding carboxylic acids is 4. The van der Waals surface area contributed by atoms with E-state index in [1.165, 1.54) is 27.4 Å². The molecule has 2 aliphatic rings. The molecule has 1 fully saturated rings. The van der Waals surface area contributed by atoms with Crippen LogP contribution in [0.5, 0.6) is 11.5 Å². The molecule has 50 heavy (non-hydrogen) atoms. The number of thiazole rings is 1. The van der Waals surface area contributed by atoms with Crippen LogP contribution in [0.15, 0.2) is 41.9 Å². The quantitative estimate of drug-likeness (QED) is 0.186. The van der Waals surface area contributed by atoms with Gasteiger partial charge in [-0.15, -0.1) is 11.3 Å². The number of nitrogens with zero attached hydrogens (tertiary/aromatic N) is 2. The predicted octanol–water partition coefficient (Wildman–Crippen LogP) is 3.31. The summed E-state index contributed by atoms with van der Waals surface area (Å²) in [6.45, 7) is 8.01. The average Bonchev–Trinajstić information content (AvgIpc) is 3.82. The van der Waals surface area contributed by atoms with Gasteiger partial charge in [-0.25, -0.2) is 4.98 Å². The largest absolute Gasteiger partial charge is 0.484 e. The van der Waals surface area contributed by atoms with Gasteiger partial charge < -0.3 is 35.4 Å². The van der Waals surface area contributed by atoms with Gasteiger partial charge in [0.1, 0.15) is 17.5 Å². The lowest BCUT2D eigenvalue weighted by molar-refractivity contribution is -0.140. The fourth-order valence-electron chi connectivity index (χ4n) is 6.18. The highest BCUT2D eigenvalue weighted by Gasteiger charge is 2.39. The van der Waals surface area contributed by atoms with E-state index >= 15 is 0 Å². The van der Waals surface area contributed by atoms with Crippen molar-refractivity contribution in [1.29, 1.82) is 0 Å². The van der Waals surface area contributed by atoms with Crippen LogP contribution in [-0.2, 0) is 38.6 Å². The predicted molar refractivity (Wildman–Crippen MR) is 190 cm³/mol. The first-order valence-electron chi connectivity index (χ1n) is 17.1. The molecule has 2 atom stereocenters. The first-order valence-corrected chi connectivity index (χ1v) is 17.9. The van der Waals surface area contributed by atoms with E-state index in [4.69, 9.17) is 9.47 Å². The summed E-state index contributed by atoms with van der Waals surface area (Å²) < 4.78 is 11.6. The van der Waals surface area contributed by atoms with Crippen LogP contribution < -0.4 is 25.4 Å². The van der Waals surface area contributed by atoms with Gasteiger partial charge >= 0.3 is 0 Å². The normalized spacial score (nSPS) is 16.9. The SMILES string of the molecule is Cc1ncsc1-c1ccc(CNC(=O)[C@@H]2C[C@@H](O)CN2C(=O)CC(C)(C)C)c(OCC(=O)NCCNC(=O)COc2ccc3c(c2)CCC3)c1. The zero-order valence-corrected chi connectivity index (χ0v) is 30.0. The van der Waals surface area contributed by atoms with E-state index in [1.807, 2.05) is 58.0 Å². The van der Waals surface area contributed by atoms with E-state index in [0.29, 0.717) is 17.1 Å². The molecular weight excluding hydrogens is 659 g/mol. The van der Waals surface area contributed by atoms with Gasteiger partial charge in [-0.05, 0) is 66.5 Å². The number of carbonyl (C=O) groups is 4. The number of ether oxygens (including phenoxy) is 2. The lowest BCUT2D eigenvalue weighted by Gasteiger charge is -2.27. The minimum Gasteiger partial charge on any atom is -0.484 e. The van der Waals surface area contributed by atoms with Crippen LogP contribution in [0.3, 0.4) is 0 Å². The Bertz CT molecular complexity index is 1700. The molecule has 2 heterocycles. The number of rotatable bonds is 14. The van der Waals surface area contributed by atoms with Crippen LogP contribution >= 0.6 is 11.3 Å². The molecule has 3 aromatic rings. The fourth-order valence-corrected chi connectivity index (χ4v) is 6.99. The molecule has 4 amide bonds. The Morgan fingerprint density at radius 3 is 2.38 bits per heavy atom. The summed E-state index contributed by atoms with van der Waals surface area (Å²) >= 11 is 1.49. The van der Waals surface area contributed by atoms with Gasteiger partial charge in [-0.2, -0.15) is 0 Å². The van der Waals surface area contributed by atoms with E-state index in [1.54, 1.807) is 5.51 Å². The number of aromatic nitrogens is 1. The van der Waals surface area contributed by atoms with Crippen molar-refractivity contribution in [2.24, 2.45) is 5.41 Å². The zero-order valence-electron chi connectivity index (χ0n) is 29.2. The van der Waals surface area contributed by atoms with Crippen molar-refractivity contribution in [2.45, 2.75) is 78.5 Å². The summed E-state index contributed by atoms with van der Waals surface area (Å²) in [5.74, 6) is -0.117. The molecule has 2 aromatic carbocycles. The fraction of sp³-hybridized carbons (Fsp3) is 0.486. The van der Waals surface area contributed by atoms with Crippen LogP contribution in [-0.4, -0.2) is 83.6 Å². The maximum atomic E-state index is 13.3. The molecule has 1 aliphatic carbocycles. The molecule has 0 spiro atoms. The van der Waals surface area contributed by atoms with E-state index in [2.05, 4.69) is 27.0 Å². The first-order chi connectivity index (χ1) is 23.9. The monoisotopic (exact) mass is 705 g/mol. The van der Waals surface area contributed by atoms with Crippen LogP contribution in [0.1, 0.15) is 62.4 Å². The molecular formula is C37H47N5O7S. The number of aliphatic hydroxyl groups excluding tert-OH is 1. The van der Waals surface area contributed by atoms with E-state index in [9.17, 15) is 24.3 Å². The second-order valence-electron chi connectivity index (χ2n) is 14.1. The van der Waals surface area contributed by atoms with Crippen molar-refractivity contribution in [2.75, 3.05) is 32.8 Å².